The number of fused-ring (bicyclic) bond motifs is 1. The lowest BCUT2D eigenvalue weighted by Crippen LogP contribution is -2.11. The third-order valence-electron chi connectivity index (χ3n) is 2.70. The maximum atomic E-state index is 11.6. The van der Waals surface area contributed by atoms with E-state index in [-0.39, 0.29) is 0 Å². The van der Waals surface area contributed by atoms with Gasteiger partial charge in [0.25, 0.3) is 0 Å². The van der Waals surface area contributed by atoms with Crippen LogP contribution in [0.3, 0.4) is 0 Å². The summed E-state index contributed by atoms with van der Waals surface area (Å²) < 4.78 is 10.5. The Morgan fingerprint density at radius 1 is 1.28 bits per heavy atom. The summed E-state index contributed by atoms with van der Waals surface area (Å²) in [4.78, 5) is 18.2. The summed E-state index contributed by atoms with van der Waals surface area (Å²) in [6, 6.07) is 9.00. The molecule has 0 bridgehead atoms. The van der Waals surface area contributed by atoms with Crippen molar-refractivity contribution in [3.05, 3.63) is 47.1 Å². The first-order chi connectivity index (χ1) is 8.79. The number of aromatic amines is 1. The van der Waals surface area contributed by atoms with Crippen LogP contribution >= 0.6 is 0 Å². The Bertz CT molecular complexity index is 745. The third-order valence-corrected chi connectivity index (χ3v) is 2.70. The zero-order valence-electron chi connectivity index (χ0n) is 9.64. The van der Waals surface area contributed by atoms with Gasteiger partial charge >= 0.3 is 5.69 Å². The highest BCUT2D eigenvalue weighted by molar-refractivity contribution is 5.94. The van der Waals surface area contributed by atoms with E-state index in [4.69, 9.17) is 9.15 Å². The fraction of sp³-hybridized carbons (Fsp3) is 0.0769. The van der Waals surface area contributed by atoms with Crippen molar-refractivity contribution in [2.24, 2.45) is 0 Å². The van der Waals surface area contributed by atoms with Gasteiger partial charge in [-0.2, -0.15) is 4.98 Å². The fourth-order valence-electron chi connectivity index (χ4n) is 1.93. The lowest BCUT2D eigenvalue weighted by molar-refractivity contribution is 0.418. The van der Waals surface area contributed by atoms with Crippen LogP contribution in [0.1, 0.15) is 0 Å². The predicted octanol–water partition coefficient (Wildman–Crippen LogP) is 2.19. The molecular weight excluding hydrogens is 232 g/mol. The normalized spacial score (nSPS) is 10.7. The van der Waals surface area contributed by atoms with Crippen molar-refractivity contribution in [2.75, 3.05) is 7.11 Å². The summed E-state index contributed by atoms with van der Waals surface area (Å²) >= 11 is 0. The van der Waals surface area contributed by atoms with Crippen molar-refractivity contribution in [3.63, 3.8) is 0 Å². The summed E-state index contributed by atoms with van der Waals surface area (Å²) in [6.45, 7) is 0. The van der Waals surface area contributed by atoms with E-state index < -0.39 is 5.69 Å². The molecule has 18 heavy (non-hydrogen) atoms. The maximum Gasteiger partial charge on any atom is 0.346 e. The van der Waals surface area contributed by atoms with Crippen LogP contribution in [0.2, 0.25) is 0 Å². The van der Waals surface area contributed by atoms with Gasteiger partial charge in [0.05, 0.1) is 18.9 Å². The molecule has 1 N–H and O–H groups in total. The van der Waals surface area contributed by atoms with Crippen LogP contribution in [0.25, 0.3) is 22.4 Å². The minimum Gasteiger partial charge on any atom is -0.495 e. The van der Waals surface area contributed by atoms with Crippen LogP contribution in [0.15, 0.2) is 45.8 Å². The van der Waals surface area contributed by atoms with Crippen LogP contribution in [0.4, 0.5) is 0 Å². The lowest BCUT2D eigenvalue weighted by Gasteiger charge is -2.06. The van der Waals surface area contributed by atoms with Gasteiger partial charge in [-0.3, -0.25) is 0 Å². The second-order valence-electron chi connectivity index (χ2n) is 3.75. The molecule has 0 fully saturated rings. The number of nitrogens with zero attached hydrogens (tertiary/aromatic N) is 1. The molecule has 0 spiro atoms. The molecule has 0 amide bonds. The Balaban J connectivity index is 2.42. The molecule has 0 unspecified atom stereocenters. The standard InChI is InChI=1S/C13H10N2O3/c1-17-9-5-2-4-8-11(9)14-13(16)15-12(8)10-6-3-7-18-10/h2-7H,1H3,(H,14,15,16). The zero-order valence-corrected chi connectivity index (χ0v) is 9.64. The summed E-state index contributed by atoms with van der Waals surface area (Å²) in [6.07, 6.45) is 1.55. The van der Waals surface area contributed by atoms with E-state index in [9.17, 15) is 4.79 Å². The first kappa shape index (κ1) is 10.6. The Hall–Kier alpha value is -2.56. The summed E-state index contributed by atoms with van der Waals surface area (Å²) in [5, 5.41) is 0.781. The molecule has 90 valence electrons. The van der Waals surface area contributed by atoms with Crippen molar-refractivity contribution in [1.82, 2.24) is 9.97 Å². The van der Waals surface area contributed by atoms with Gasteiger partial charge in [-0.15, -0.1) is 0 Å². The van der Waals surface area contributed by atoms with Gasteiger partial charge < -0.3 is 14.1 Å². The molecule has 0 aliphatic carbocycles. The molecule has 0 saturated heterocycles. The lowest BCUT2D eigenvalue weighted by atomic mass is 10.1. The van der Waals surface area contributed by atoms with Crippen LogP contribution < -0.4 is 10.4 Å². The molecule has 0 saturated carbocycles. The van der Waals surface area contributed by atoms with E-state index in [1.165, 1.54) is 0 Å². The molecule has 0 atom stereocenters. The van der Waals surface area contributed by atoms with Gasteiger partial charge in [0.15, 0.2) is 5.76 Å². The topological polar surface area (TPSA) is 68.1 Å². The molecule has 1 aromatic carbocycles. The first-order valence-electron chi connectivity index (χ1n) is 5.40. The van der Waals surface area contributed by atoms with Gasteiger partial charge in [-0.25, -0.2) is 4.79 Å². The Morgan fingerprint density at radius 3 is 2.89 bits per heavy atom. The monoisotopic (exact) mass is 242 g/mol. The van der Waals surface area contributed by atoms with Crippen LogP contribution in [0, 0.1) is 0 Å². The second kappa shape index (κ2) is 4.03. The van der Waals surface area contributed by atoms with Gasteiger partial charge in [0.1, 0.15) is 11.4 Å². The summed E-state index contributed by atoms with van der Waals surface area (Å²) in [5.74, 6) is 1.15. The summed E-state index contributed by atoms with van der Waals surface area (Å²) in [7, 11) is 1.56. The molecule has 2 heterocycles. The first-order valence-corrected chi connectivity index (χ1v) is 5.40. The van der Waals surface area contributed by atoms with Crippen molar-refractivity contribution in [3.8, 4) is 17.2 Å². The second-order valence-corrected chi connectivity index (χ2v) is 3.75. The van der Waals surface area contributed by atoms with E-state index in [0.717, 1.165) is 5.39 Å². The fourth-order valence-corrected chi connectivity index (χ4v) is 1.93. The molecule has 5 nitrogen and oxygen atoms in total. The molecule has 2 aromatic heterocycles. The SMILES string of the molecule is COc1cccc2c(-c3ccco3)nc(=O)[nH]c12. The number of H-pyrrole nitrogens is 1. The van der Waals surface area contributed by atoms with Crippen molar-refractivity contribution < 1.29 is 9.15 Å². The number of methoxy groups -OCH3 is 1. The van der Waals surface area contributed by atoms with E-state index in [1.807, 2.05) is 12.1 Å². The minimum absolute atomic E-state index is 0.432. The van der Waals surface area contributed by atoms with E-state index in [2.05, 4.69) is 9.97 Å². The number of ether oxygens (including phenoxy) is 1. The Kier molecular flexibility index (Phi) is 2.37. The molecule has 3 rings (SSSR count). The van der Waals surface area contributed by atoms with E-state index in [0.29, 0.717) is 22.7 Å². The highest BCUT2D eigenvalue weighted by Crippen LogP contribution is 2.29. The largest absolute Gasteiger partial charge is 0.495 e. The number of para-hydroxylation sites is 1. The Labute approximate surface area is 102 Å². The summed E-state index contributed by atoms with van der Waals surface area (Å²) in [5.41, 5.74) is 0.697. The van der Waals surface area contributed by atoms with Gasteiger partial charge in [0.2, 0.25) is 0 Å². The smallest absolute Gasteiger partial charge is 0.346 e. The Morgan fingerprint density at radius 2 is 2.17 bits per heavy atom. The number of benzene rings is 1. The van der Waals surface area contributed by atoms with E-state index >= 15 is 0 Å². The third kappa shape index (κ3) is 1.57. The van der Waals surface area contributed by atoms with Gasteiger partial charge in [-0.05, 0) is 18.2 Å². The van der Waals surface area contributed by atoms with Crippen LogP contribution in [-0.2, 0) is 0 Å². The molecular formula is C13H10N2O3. The minimum atomic E-state index is -0.432. The molecule has 0 aliphatic heterocycles. The zero-order chi connectivity index (χ0) is 12.5. The van der Waals surface area contributed by atoms with E-state index in [1.54, 1.807) is 31.6 Å². The number of rotatable bonds is 2. The number of aromatic nitrogens is 2. The molecule has 0 radical (unpaired) electrons. The number of furan rings is 1. The average molecular weight is 242 g/mol. The number of hydrogen-bond donors (Lipinski definition) is 1. The predicted molar refractivity (Wildman–Crippen MR) is 66.6 cm³/mol. The highest BCUT2D eigenvalue weighted by Gasteiger charge is 2.12. The molecule has 5 heteroatoms. The van der Waals surface area contributed by atoms with Gasteiger partial charge in [-0.1, -0.05) is 12.1 Å². The average Bonchev–Trinajstić information content (AvgIpc) is 2.90. The van der Waals surface area contributed by atoms with Crippen molar-refractivity contribution >= 4 is 10.9 Å². The van der Waals surface area contributed by atoms with Crippen molar-refractivity contribution in [2.45, 2.75) is 0 Å². The molecule has 0 aliphatic rings. The highest BCUT2D eigenvalue weighted by atomic mass is 16.5. The van der Waals surface area contributed by atoms with Crippen LogP contribution in [0.5, 0.6) is 5.75 Å². The maximum absolute atomic E-state index is 11.6. The number of nitrogens with one attached hydrogen (secondary N) is 1. The van der Waals surface area contributed by atoms with Gasteiger partial charge in [0, 0.05) is 5.39 Å². The van der Waals surface area contributed by atoms with Crippen molar-refractivity contribution in [1.29, 1.82) is 0 Å². The molecule has 3 aromatic rings. The van der Waals surface area contributed by atoms with Crippen LogP contribution in [-0.4, -0.2) is 17.1 Å². The quantitative estimate of drug-likeness (QED) is 0.747. The number of hydrogen-bond acceptors (Lipinski definition) is 4.